The van der Waals surface area contributed by atoms with Crippen LogP contribution in [0.5, 0.6) is 0 Å². The Bertz CT molecular complexity index is 239. The van der Waals surface area contributed by atoms with E-state index in [2.05, 4.69) is 0 Å². The first-order valence-corrected chi connectivity index (χ1v) is 5.77. The van der Waals surface area contributed by atoms with Gasteiger partial charge in [0, 0.05) is 10.3 Å². The van der Waals surface area contributed by atoms with E-state index in [1.807, 2.05) is 0 Å². The van der Waals surface area contributed by atoms with Crippen molar-refractivity contribution in [3.05, 3.63) is 10.1 Å². The molecular formula is C11H17NO2. The van der Waals surface area contributed by atoms with E-state index in [-0.39, 0.29) is 16.9 Å². The van der Waals surface area contributed by atoms with Crippen LogP contribution in [0.25, 0.3) is 0 Å². The number of nitro groups is 1. The van der Waals surface area contributed by atoms with Gasteiger partial charge in [0.1, 0.15) is 0 Å². The zero-order valence-electron chi connectivity index (χ0n) is 8.45. The molecule has 0 unspecified atom stereocenters. The fourth-order valence-electron chi connectivity index (χ4n) is 4.76. The van der Waals surface area contributed by atoms with Gasteiger partial charge in [0.15, 0.2) is 0 Å². The van der Waals surface area contributed by atoms with Gasteiger partial charge in [0.25, 0.3) is 0 Å². The van der Waals surface area contributed by atoms with Crippen LogP contribution in [0.3, 0.4) is 0 Å². The summed E-state index contributed by atoms with van der Waals surface area (Å²) in [5.41, 5.74) is 0.123. The van der Waals surface area contributed by atoms with E-state index in [1.54, 1.807) is 0 Å². The maximum Gasteiger partial charge on any atom is 0.209 e. The van der Waals surface area contributed by atoms with Crippen LogP contribution >= 0.6 is 0 Å². The number of hydrogen-bond donors (Lipinski definition) is 0. The summed E-state index contributed by atoms with van der Waals surface area (Å²) in [7, 11) is 0. The summed E-state index contributed by atoms with van der Waals surface area (Å²) in [5.74, 6) is 2.50. The standard InChI is InChI=1S/C11H17NO2/c13-12(14)7-11-4-8-1-9(5-11)3-10(2-8)6-11/h8-10H,1-7H2. The Labute approximate surface area is 84.0 Å². The Balaban J connectivity index is 1.83. The zero-order valence-corrected chi connectivity index (χ0v) is 8.45. The van der Waals surface area contributed by atoms with Crippen LogP contribution in [0.2, 0.25) is 0 Å². The predicted molar refractivity (Wildman–Crippen MR) is 52.5 cm³/mol. The van der Waals surface area contributed by atoms with Gasteiger partial charge in [-0.05, 0) is 56.3 Å². The number of nitrogens with zero attached hydrogens (tertiary/aromatic N) is 1. The quantitative estimate of drug-likeness (QED) is 0.502. The number of rotatable bonds is 2. The lowest BCUT2D eigenvalue weighted by molar-refractivity contribution is -0.503. The van der Waals surface area contributed by atoms with Crippen LogP contribution < -0.4 is 0 Å². The minimum atomic E-state index is -0.0762. The molecule has 0 aliphatic heterocycles. The predicted octanol–water partition coefficient (Wildman–Crippen LogP) is 2.48. The highest BCUT2D eigenvalue weighted by Crippen LogP contribution is 2.59. The molecule has 78 valence electrons. The van der Waals surface area contributed by atoms with Gasteiger partial charge in [-0.3, -0.25) is 10.1 Å². The highest BCUT2D eigenvalue weighted by Gasteiger charge is 2.53. The molecule has 0 atom stereocenters. The Kier molecular flexibility index (Phi) is 1.68. The maximum absolute atomic E-state index is 10.7. The molecule has 0 aromatic carbocycles. The highest BCUT2D eigenvalue weighted by molar-refractivity contribution is 5.01. The molecule has 0 saturated heterocycles. The first kappa shape index (κ1) is 8.69. The Hall–Kier alpha value is -0.600. The lowest BCUT2D eigenvalue weighted by Gasteiger charge is -2.55. The normalized spacial score (nSPS) is 49.6. The topological polar surface area (TPSA) is 43.1 Å². The van der Waals surface area contributed by atoms with Crippen molar-refractivity contribution >= 4 is 0 Å². The molecule has 4 aliphatic rings. The summed E-state index contributed by atoms with van der Waals surface area (Å²) in [6, 6.07) is 0. The van der Waals surface area contributed by atoms with Crippen LogP contribution in [0.4, 0.5) is 0 Å². The van der Waals surface area contributed by atoms with Gasteiger partial charge in [-0.25, -0.2) is 0 Å². The minimum Gasteiger partial charge on any atom is -0.265 e. The fourth-order valence-corrected chi connectivity index (χ4v) is 4.76. The lowest BCUT2D eigenvalue weighted by Crippen LogP contribution is -2.49. The van der Waals surface area contributed by atoms with Gasteiger partial charge in [-0.15, -0.1) is 0 Å². The second kappa shape index (κ2) is 2.71. The van der Waals surface area contributed by atoms with Crippen molar-refractivity contribution in [2.75, 3.05) is 6.54 Å². The largest absolute Gasteiger partial charge is 0.265 e. The molecule has 0 aromatic heterocycles. The molecule has 3 heteroatoms. The fraction of sp³-hybridized carbons (Fsp3) is 1.00. The minimum absolute atomic E-state index is 0.0762. The van der Waals surface area contributed by atoms with Crippen LogP contribution in [-0.4, -0.2) is 11.5 Å². The molecule has 0 spiro atoms. The van der Waals surface area contributed by atoms with E-state index in [9.17, 15) is 10.1 Å². The molecule has 0 heterocycles. The van der Waals surface area contributed by atoms with Crippen molar-refractivity contribution in [1.82, 2.24) is 0 Å². The van der Waals surface area contributed by atoms with E-state index < -0.39 is 0 Å². The Morgan fingerprint density at radius 2 is 1.50 bits per heavy atom. The third kappa shape index (κ3) is 1.25. The molecule has 4 bridgehead atoms. The monoisotopic (exact) mass is 195 g/mol. The van der Waals surface area contributed by atoms with Crippen molar-refractivity contribution in [2.24, 2.45) is 23.2 Å². The van der Waals surface area contributed by atoms with Crippen LogP contribution in [0.1, 0.15) is 38.5 Å². The van der Waals surface area contributed by atoms with Gasteiger partial charge in [-0.1, -0.05) is 0 Å². The van der Waals surface area contributed by atoms with Crippen molar-refractivity contribution in [1.29, 1.82) is 0 Å². The van der Waals surface area contributed by atoms with E-state index in [1.165, 1.54) is 19.3 Å². The maximum atomic E-state index is 10.7. The summed E-state index contributed by atoms with van der Waals surface area (Å²) in [6.07, 6.45) is 7.57. The average molecular weight is 195 g/mol. The Morgan fingerprint density at radius 3 is 1.86 bits per heavy atom. The molecule has 4 aliphatic carbocycles. The second-order valence-electron chi connectivity index (χ2n) is 5.91. The number of hydrogen-bond acceptors (Lipinski definition) is 2. The highest BCUT2D eigenvalue weighted by atomic mass is 16.6. The molecule has 3 nitrogen and oxygen atoms in total. The van der Waals surface area contributed by atoms with E-state index in [4.69, 9.17) is 0 Å². The van der Waals surface area contributed by atoms with Crippen molar-refractivity contribution in [2.45, 2.75) is 38.5 Å². The average Bonchev–Trinajstić information content (AvgIpc) is 1.96. The summed E-state index contributed by atoms with van der Waals surface area (Å²) in [6.45, 7) is 0.247. The summed E-state index contributed by atoms with van der Waals surface area (Å²) in [4.78, 5) is 10.6. The van der Waals surface area contributed by atoms with Crippen LogP contribution in [-0.2, 0) is 0 Å². The van der Waals surface area contributed by atoms with Gasteiger partial charge in [0.05, 0.1) is 0 Å². The third-order valence-corrected chi connectivity index (χ3v) is 4.63. The molecular weight excluding hydrogens is 178 g/mol. The zero-order chi connectivity index (χ0) is 9.76. The second-order valence-corrected chi connectivity index (χ2v) is 5.91. The molecule has 4 fully saturated rings. The molecule has 0 aromatic rings. The molecule has 4 rings (SSSR count). The first-order valence-electron chi connectivity index (χ1n) is 5.77. The summed E-state index contributed by atoms with van der Waals surface area (Å²) in [5, 5.41) is 10.7. The summed E-state index contributed by atoms with van der Waals surface area (Å²) >= 11 is 0. The first-order chi connectivity index (χ1) is 6.65. The van der Waals surface area contributed by atoms with Gasteiger partial charge >= 0.3 is 0 Å². The molecule has 4 saturated carbocycles. The molecule has 14 heavy (non-hydrogen) atoms. The van der Waals surface area contributed by atoms with Crippen molar-refractivity contribution < 1.29 is 4.92 Å². The smallest absolute Gasteiger partial charge is 0.209 e. The van der Waals surface area contributed by atoms with Crippen molar-refractivity contribution in [3.63, 3.8) is 0 Å². The van der Waals surface area contributed by atoms with E-state index in [0.29, 0.717) is 0 Å². The van der Waals surface area contributed by atoms with E-state index >= 15 is 0 Å². The van der Waals surface area contributed by atoms with E-state index in [0.717, 1.165) is 37.0 Å². The third-order valence-electron chi connectivity index (χ3n) is 4.63. The van der Waals surface area contributed by atoms with Crippen LogP contribution in [0.15, 0.2) is 0 Å². The van der Waals surface area contributed by atoms with Crippen LogP contribution in [0, 0.1) is 33.3 Å². The SMILES string of the molecule is O=[N+]([O-])CC12CC3CC(CC(C3)C1)C2. The van der Waals surface area contributed by atoms with Gasteiger partial charge < -0.3 is 0 Å². The molecule has 0 amide bonds. The molecule has 0 radical (unpaired) electrons. The van der Waals surface area contributed by atoms with Crippen molar-refractivity contribution in [3.8, 4) is 0 Å². The Morgan fingerprint density at radius 1 is 1.07 bits per heavy atom. The summed E-state index contributed by atoms with van der Waals surface area (Å²) < 4.78 is 0. The molecule has 0 N–H and O–H groups in total. The van der Waals surface area contributed by atoms with Gasteiger partial charge in [0.2, 0.25) is 6.54 Å². The lowest BCUT2D eigenvalue weighted by atomic mass is 9.49. The van der Waals surface area contributed by atoms with Gasteiger partial charge in [-0.2, -0.15) is 0 Å².